The quantitative estimate of drug-likeness (QED) is 0.392. The summed E-state index contributed by atoms with van der Waals surface area (Å²) in [4.78, 5) is 21.1. The molecule has 0 bridgehead atoms. The van der Waals surface area contributed by atoms with Crippen LogP contribution in [0.5, 0.6) is 0 Å². The highest BCUT2D eigenvalue weighted by molar-refractivity contribution is 5.57. The summed E-state index contributed by atoms with van der Waals surface area (Å²) in [5, 5.41) is 19.6. The lowest BCUT2D eigenvalue weighted by atomic mass is 10.0. The molecular formula is C16H13NO6. The van der Waals surface area contributed by atoms with Crippen LogP contribution in [0, 0.1) is 10.1 Å². The first-order valence-corrected chi connectivity index (χ1v) is 6.90. The van der Waals surface area contributed by atoms with Crippen molar-refractivity contribution in [2.75, 3.05) is 0 Å². The molecule has 0 aromatic heterocycles. The number of benzene rings is 2. The third-order valence-electron chi connectivity index (χ3n) is 3.61. The molecule has 2 aromatic rings. The Hall–Kier alpha value is -2.93. The fourth-order valence-corrected chi connectivity index (χ4v) is 2.48. The van der Waals surface area contributed by atoms with Crippen molar-refractivity contribution in [3.63, 3.8) is 0 Å². The highest BCUT2D eigenvalue weighted by Gasteiger charge is 2.48. The molecule has 23 heavy (non-hydrogen) atoms. The summed E-state index contributed by atoms with van der Waals surface area (Å²) >= 11 is 0. The molecule has 0 aliphatic carbocycles. The number of ether oxygens (including phenoxy) is 2. The van der Waals surface area contributed by atoms with Gasteiger partial charge in [-0.05, 0) is 23.3 Å². The maximum absolute atomic E-state index is 10.9. The Morgan fingerprint density at radius 2 is 1.83 bits per heavy atom. The minimum atomic E-state index is -1.42. The predicted octanol–water partition coefficient (Wildman–Crippen LogP) is 3.47. The fraction of sp³-hybridized carbons (Fsp3) is 0.188. The van der Waals surface area contributed by atoms with Gasteiger partial charge in [-0.2, -0.15) is 0 Å². The van der Waals surface area contributed by atoms with Crippen molar-refractivity contribution >= 4 is 11.8 Å². The van der Waals surface area contributed by atoms with E-state index in [1.165, 1.54) is 24.3 Å². The fourth-order valence-electron chi connectivity index (χ4n) is 2.48. The number of hydrogen-bond donors (Lipinski definition) is 1. The van der Waals surface area contributed by atoms with Gasteiger partial charge in [0.15, 0.2) is 6.10 Å². The summed E-state index contributed by atoms with van der Waals surface area (Å²) in [6, 6.07) is 15.0. The molecule has 1 saturated heterocycles. The molecule has 3 rings (SSSR count). The zero-order chi connectivity index (χ0) is 16.4. The number of carbonyl (C=O) groups is 1. The van der Waals surface area contributed by atoms with E-state index in [2.05, 4.69) is 0 Å². The molecule has 3 unspecified atom stereocenters. The molecule has 3 atom stereocenters. The summed E-state index contributed by atoms with van der Waals surface area (Å²) in [6.45, 7) is 0. The van der Waals surface area contributed by atoms with Crippen molar-refractivity contribution in [2.24, 2.45) is 0 Å². The number of non-ortho nitro benzene ring substituents is 1. The molecule has 1 fully saturated rings. The highest BCUT2D eigenvalue weighted by atomic mass is 16.7. The normalized spacial score (nSPS) is 20.5. The average molecular weight is 315 g/mol. The number of nitro groups is 1. The minimum absolute atomic E-state index is 0.0702. The number of carboxylic acid groups (broad SMARTS) is 1. The van der Waals surface area contributed by atoms with E-state index in [9.17, 15) is 14.9 Å². The zero-order valence-electron chi connectivity index (χ0n) is 11.9. The number of epoxide rings is 1. The van der Waals surface area contributed by atoms with Gasteiger partial charge in [0.1, 0.15) is 12.2 Å². The monoisotopic (exact) mass is 315 g/mol. The lowest BCUT2D eigenvalue weighted by molar-refractivity contribution is -0.384. The van der Waals surface area contributed by atoms with E-state index in [4.69, 9.17) is 14.6 Å². The Kier molecular flexibility index (Phi) is 3.94. The van der Waals surface area contributed by atoms with Crippen LogP contribution in [0.3, 0.4) is 0 Å². The second kappa shape index (κ2) is 6.05. The van der Waals surface area contributed by atoms with E-state index < -0.39 is 23.3 Å². The van der Waals surface area contributed by atoms with Gasteiger partial charge in [-0.15, -0.1) is 0 Å². The van der Waals surface area contributed by atoms with Crippen LogP contribution in [-0.4, -0.2) is 22.3 Å². The molecule has 1 aliphatic rings. The van der Waals surface area contributed by atoms with Gasteiger partial charge in [-0.3, -0.25) is 10.1 Å². The Morgan fingerprint density at radius 3 is 2.39 bits per heavy atom. The SMILES string of the molecule is O=C(O)OC(c1ccc([N+](=O)[O-])cc1)C1OC1c1ccccc1. The lowest BCUT2D eigenvalue weighted by Gasteiger charge is -2.14. The van der Waals surface area contributed by atoms with Gasteiger partial charge in [0.05, 0.1) is 4.92 Å². The largest absolute Gasteiger partial charge is 0.506 e. The third kappa shape index (κ3) is 3.29. The predicted molar refractivity (Wildman–Crippen MR) is 79.0 cm³/mol. The molecule has 0 saturated carbocycles. The molecule has 1 heterocycles. The summed E-state index contributed by atoms with van der Waals surface area (Å²) in [5.41, 5.74) is 1.37. The standard InChI is InChI=1S/C16H13NO6/c18-16(19)23-14(11-6-8-12(9-7-11)17(20)21)15-13(22-15)10-4-2-1-3-5-10/h1-9,13-15H,(H,18,19). The molecule has 7 heteroatoms. The van der Waals surface area contributed by atoms with Gasteiger partial charge in [0.2, 0.25) is 0 Å². The van der Waals surface area contributed by atoms with E-state index in [-0.39, 0.29) is 11.8 Å². The lowest BCUT2D eigenvalue weighted by Crippen LogP contribution is -2.15. The molecular weight excluding hydrogens is 302 g/mol. The topological polar surface area (TPSA) is 102 Å². The highest BCUT2D eigenvalue weighted by Crippen LogP contribution is 2.47. The summed E-state index contributed by atoms with van der Waals surface area (Å²) < 4.78 is 10.5. The second-order valence-electron chi connectivity index (χ2n) is 5.08. The first kappa shape index (κ1) is 15.0. The first-order chi connectivity index (χ1) is 11.1. The van der Waals surface area contributed by atoms with Gasteiger partial charge < -0.3 is 14.6 Å². The smallest absolute Gasteiger partial charge is 0.450 e. The van der Waals surface area contributed by atoms with Crippen molar-refractivity contribution in [2.45, 2.75) is 18.3 Å². The van der Waals surface area contributed by atoms with Crippen molar-refractivity contribution in [1.29, 1.82) is 0 Å². The minimum Gasteiger partial charge on any atom is -0.450 e. The summed E-state index contributed by atoms with van der Waals surface area (Å²) in [6.07, 6.45) is -2.96. The van der Waals surface area contributed by atoms with Gasteiger partial charge in [0, 0.05) is 12.1 Å². The van der Waals surface area contributed by atoms with Crippen molar-refractivity contribution < 1.29 is 24.3 Å². The van der Waals surface area contributed by atoms with E-state index in [1.54, 1.807) is 0 Å². The van der Waals surface area contributed by atoms with Crippen molar-refractivity contribution in [3.05, 3.63) is 75.8 Å². The summed E-state index contributed by atoms with van der Waals surface area (Å²) in [5.74, 6) is 0. The van der Waals surface area contributed by atoms with Crippen molar-refractivity contribution in [1.82, 2.24) is 0 Å². The van der Waals surface area contributed by atoms with E-state index in [1.807, 2.05) is 30.3 Å². The molecule has 118 valence electrons. The van der Waals surface area contributed by atoms with Gasteiger partial charge in [-0.1, -0.05) is 30.3 Å². The maximum atomic E-state index is 10.9. The van der Waals surface area contributed by atoms with Crippen molar-refractivity contribution in [3.8, 4) is 0 Å². The first-order valence-electron chi connectivity index (χ1n) is 6.90. The number of nitro benzene ring substituents is 1. The van der Waals surface area contributed by atoms with Gasteiger partial charge in [-0.25, -0.2) is 4.79 Å². The van der Waals surface area contributed by atoms with E-state index in [0.717, 1.165) is 5.56 Å². The zero-order valence-corrected chi connectivity index (χ0v) is 11.9. The van der Waals surface area contributed by atoms with Crippen LogP contribution in [0.2, 0.25) is 0 Å². The average Bonchev–Trinajstić information content (AvgIpc) is 3.34. The molecule has 2 aromatic carbocycles. The van der Waals surface area contributed by atoms with Crippen LogP contribution in [0.25, 0.3) is 0 Å². The Bertz CT molecular complexity index is 715. The van der Waals surface area contributed by atoms with E-state index in [0.29, 0.717) is 5.56 Å². The van der Waals surface area contributed by atoms with Crippen LogP contribution in [0.4, 0.5) is 10.5 Å². The number of rotatable bonds is 5. The molecule has 0 amide bonds. The molecule has 1 aliphatic heterocycles. The molecule has 7 nitrogen and oxygen atoms in total. The Labute approximate surface area is 131 Å². The van der Waals surface area contributed by atoms with E-state index >= 15 is 0 Å². The van der Waals surface area contributed by atoms with Crippen LogP contribution in [0.1, 0.15) is 23.3 Å². The molecule has 0 spiro atoms. The number of nitrogens with zero attached hydrogens (tertiary/aromatic N) is 1. The number of hydrogen-bond acceptors (Lipinski definition) is 5. The maximum Gasteiger partial charge on any atom is 0.506 e. The van der Waals surface area contributed by atoms with Crippen LogP contribution in [0.15, 0.2) is 54.6 Å². The van der Waals surface area contributed by atoms with Gasteiger partial charge >= 0.3 is 6.16 Å². The van der Waals surface area contributed by atoms with Crippen LogP contribution in [-0.2, 0) is 9.47 Å². The summed E-state index contributed by atoms with van der Waals surface area (Å²) in [7, 11) is 0. The second-order valence-corrected chi connectivity index (χ2v) is 5.08. The Balaban J connectivity index is 1.82. The molecule has 0 radical (unpaired) electrons. The molecule has 1 N–H and O–H groups in total. The Morgan fingerprint density at radius 1 is 1.17 bits per heavy atom. The third-order valence-corrected chi connectivity index (χ3v) is 3.61. The van der Waals surface area contributed by atoms with Crippen LogP contribution >= 0.6 is 0 Å². The van der Waals surface area contributed by atoms with Gasteiger partial charge in [0.25, 0.3) is 5.69 Å². The van der Waals surface area contributed by atoms with Crippen LogP contribution < -0.4 is 0 Å².